The molecular weight excluding hydrogens is 329 g/mol. The van der Waals surface area contributed by atoms with E-state index in [2.05, 4.69) is 5.32 Å². The maximum Gasteiger partial charge on any atom is 0.389 e. The second kappa shape index (κ2) is 8.02. The average molecular weight is 351 g/mol. The predicted molar refractivity (Wildman–Crippen MR) is 86.7 cm³/mol. The molecule has 0 spiro atoms. The van der Waals surface area contributed by atoms with E-state index in [4.69, 9.17) is 5.73 Å². The van der Waals surface area contributed by atoms with Gasteiger partial charge in [0.2, 0.25) is 5.91 Å². The van der Waals surface area contributed by atoms with Gasteiger partial charge < -0.3 is 11.1 Å². The zero-order valence-corrected chi connectivity index (χ0v) is 13.6. The van der Waals surface area contributed by atoms with Gasteiger partial charge >= 0.3 is 6.18 Å². The van der Waals surface area contributed by atoms with Crippen LogP contribution in [0.3, 0.4) is 0 Å². The normalized spacial score (nSPS) is 17.2. The van der Waals surface area contributed by atoms with Crippen LogP contribution in [0.2, 0.25) is 0 Å². The highest BCUT2D eigenvalue weighted by Gasteiger charge is 2.35. The molecule has 23 heavy (non-hydrogen) atoms. The Morgan fingerprint density at radius 3 is 2.48 bits per heavy atom. The molecule has 1 amide bonds. The van der Waals surface area contributed by atoms with E-state index in [1.807, 2.05) is 0 Å². The van der Waals surface area contributed by atoms with E-state index >= 15 is 0 Å². The Hall–Kier alpha value is -1.27. The van der Waals surface area contributed by atoms with Crippen molar-refractivity contribution in [2.45, 2.75) is 56.7 Å². The molecule has 0 bridgehead atoms. The molecule has 1 aromatic rings. The van der Waals surface area contributed by atoms with Crippen LogP contribution >= 0.6 is 12.4 Å². The molecule has 0 aromatic heterocycles. The third kappa shape index (κ3) is 6.03. The summed E-state index contributed by atoms with van der Waals surface area (Å²) in [5.74, 6) is -0.250. The number of halogens is 4. The zero-order valence-electron chi connectivity index (χ0n) is 12.8. The summed E-state index contributed by atoms with van der Waals surface area (Å²) >= 11 is 0. The van der Waals surface area contributed by atoms with Gasteiger partial charge in [0.05, 0.1) is 5.54 Å². The Labute approximate surface area is 140 Å². The number of hydrogen-bond acceptors (Lipinski definition) is 2. The molecule has 0 radical (unpaired) electrons. The van der Waals surface area contributed by atoms with Crippen molar-refractivity contribution in [3.05, 3.63) is 29.8 Å². The molecule has 0 saturated heterocycles. The van der Waals surface area contributed by atoms with Crippen LogP contribution in [0, 0.1) is 0 Å². The molecule has 0 atom stereocenters. The number of nitrogens with two attached hydrogens (primary N) is 1. The minimum Gasteiger partial charge on any atom is -0.324 e. The lowest BCUT2D eigenvalue weighted by Crippen LogP contribution is -2.52. The van der Waals surface area contributed by atoms with Crippen LogP contribution in [0.1, 0.15) is 44.1 Å². The van der Waals surface area contributed by atoms with Crippen LogP contribution in [-0.2, 0) is 11.2 Å². The lowest BCUT2D eigenvalue weighted by atomic mass is 9.82. The fraction of sp³-hybridized carbons (Fsp3) is 0.562. The van der Waals surface area contributed by atoms with Gasteiger partial charge in [-0.15, -0.1) is 12.4 Å². The predicted octanol–water partition coefficient (Wildman–Crippen LogP) is 4.20. The van der Waals surface area contributed by atoms with Crippen molar-refractivity contribution in [1.82, 2.24) is 0 Å². The second-order valence-corrected chi connectivity index (χ2v) is 5.99. The number of alkyl halides is 3. The smallest absolute Gasteiger partial charge is 0.324 e. The summed E-state index contributed by atoms with van der Waals surface area (Å²) < 4.78 is 36.8. The van der Waals surface area contributed by atoms with Gasteiger partial charge in [0, 0.05) is 12.1 Å². The maximum atomic E-state index is 12.3. The molecule has 2 rings (SSSR count). The van der Waals surface area contributed by atoms with Gasteiger partial charge in [-0.3, -0.25) is 4.79 Å². The maximum absolute atomic E-state index is 12.3. The van der Waals surface area contributed by atoms with Gasteiger partial charge in [-0.1, -0.05) is 31.4 Å². The van der Waals surface area contributed by atoms with Crippen LogP contribution in [0.5, 0.6) is 0 Å². The molecular formula is C16H22ClF3N2O. The fourth-order valence-corrected chi connectivity index (χ4v) is 2.76. The first-order valence-corrected chi connectivity index (χ1v) is 7.55. The Balaban J connectivity index is 0.00000264. The van der Waals surface area contributed by atoms with Gasteiger partial charge in [0.25, 0.3) is 0 Å². The van der Waals surface area contributed by atoms with E-state index in [0.717, 1.165) is 19.3 Å². The summed E-state index contributed by atoms with van der Waals surface area (Å²) in [5.41, 5.74) is 6.33. The average Bonchev–Trinajstić information content (AvgIpc) is 2.46. The standard InChI is InChI=1S/C16H21F3N2O.ClH/c17-16(18,19)10-7-12-5-4-6-13(11-12)21-14(22)15(20)8-2-1-3-9-15;/h4-6,11H,1-3,7-10,20H2,(H,21,22);1H. The van der Waals surface area contributed by atoms with Crippen LogP contribution in [0.4, 0.5) is 18.9 Å². The lowest BCUT2D eigenvalue weighted by molar-refractivity contribution is -0.134. The summed E-state index contributed by atoms with van der Waals surface area (Å²) in [6, 6.07) is 6.52. The van der Waals surface area contributed by atoms with Crippen molar-refractivity contribution < 1.29 is 18.0 Å². The van der Waals surface area contributed by atoms with Gasteiger partial charge in [-0.05, 0) is 37.0 Å². The first-order chi connectivity index (χ1) is 10.3. The first-order valence-electron chi connectivity index (χ1n) is 7.55. The number of carbonyl (C=O) groups is 1. The van der Waals surface area contributed by atoms with Gasteiger partial charge in [0.15, 0.2) is 0 Å². The number of amides is 1. The fourth-order valence-electron chi connectivity index (χ4n) is 2.76. The van der Waals surface area contributed by atoms with Gasteiger partial charge in [0.1, 0.15) is 0 Å². The van der Waals surface area contributed by atoms with Crippen molar-refractivity contribution in [2.24, 2.45) is 5.73 Å². The largest absolute Gasteiger partial charge is 0.389 e. The second-order valence-electron chi connectivity index (χ2n) is 5.99. The number of aryl methyl sites for hydroxylation is 1. The number of nitrogens with one attached hydrogen (secondary N) is 1. The molecule has 1 aliphatic carbocycles. The lowest BCUT2D eigenvalue weighted by Gasteiger charge is -2.31. The summed E-state index contributed by atoms with van der Waals surface area (Å²) in [7, 11) is 0. The van der Waals surface area contributed by atoms with Crippen molar-refractivity contribution in [1.29, 1.82) is 0 Å². The van der Waals surface area contributed by atoms with Crippen molar-refractivity contribution in [3.8, 4) is 0 Å². The van der Waals surface area contributed by atoms with Crippen LogP contribution in [-0.4, -0.2) is 17.6 Å². The molecule has 1 aromatic carbocycles. The van der Waals surface area contributed by atoms with E-state index in [1.54, 1.807) is 24.3 Å². The third-order valence-electron chi connectivity index (χ3n) is 4.08. The molecule has 3 nitrogen and oxygen atoms in total. The minimum absolute atomic E-state index is 0. The Morgan fingerprint density at radius 2 is 1.87 bits per heavy atom. The van der Waals surface area contributed by atoms with E-state index in [9.17, 15) is 18.0 Å². The minimum atomic E-state index is -4.18. The van der Waals surface area contributed by atoms with Crippen molar-refractivity contribution in [3.63, 3.8) is 0 Å². The summed E-state index contributed by atoms with van der Waals surface area (Å²) in [5, 5.41) is 2.74. The van der Waals surface area contributed by atoms with Crippen molar-refractivity contribution >= 4 is 24.0 Å². The molecule has 1 fully saturated rings. The van der Waals surface area contributed by atoms with Gasteiger partial charge in [-0.2, -0.15) is 13.2 Å². The number of carbonyl (C=O) groups excluding carboxylic acids is 1. The Kier molecular flexibility index (Phi) is 6.89. The van der Waals surface area contributed by atoms with E-state index in [-0.39, 0.29) is 24.7 Å². The number of rotatable bonds is 4. The highest BCUT2D eigenvalue weighted by atomic mass is 35.5. The molecule has 1 aliphatic rings. The molecule has 0 aliphatic heterocycles. The van der Waals surface area contributed by atoms with Crippen molar-refractivity contribution in [2.75, 3.05) is 5.32 Å². The summed E-state index contributed by atoms with van der Waals surface area (Å²) in [6.45, 7) is 0. The summed E-state index contributed by atoms with van der Waals surface area (Å²) in [4.78, 5) is 12.3. The molecule has 0 heterocycles. The van der Waals surface area contributed by atoms with Crippen LogP contribution in [0.15, 0.2) is 24.3 Å². The third-order valence-corrected chi connectivity index (χ3v) is 4.08. The topological polar surface area (TPSA) is 55.1 Å². The number of benzene rings is 1. The van der Waals surface area contributed by atoms with Crippen LogP contribution in [0.25, 0.3) is 0 Å². The highest BCUT2D eigenvalue weighted by Crippen LogP contribution is 2.28. The number of hydrogen-bond donors (Lipinski definition) is 2. The Bertz CT molecular complexity index is 528. The van der Waals surface area contributed by atoms with E-state index < -0.39 is 18.1 Å². The van der Waals surface area contributed by atoms with E-state index in [1.165, 1.54) is 0 Å². The summed E-state index contributed by atoms with van der Waals surface area (Å²) in [6.07, 6.45) is -0.918. The monoisotopic (exact) mass is 350 g/mol. The first kappa shape index (κ1) is 19.8. The zero-order chi connectivity index (χ0) is 16.2. The molecule has 0 unspecified atom stereocenters. The number of anilines is 1. The van der Waals surface area contributed by atoms with E-state index in [0.29, 0.717) is 24.1 Å². The molecule has 7 heteroatoms. The Morgan fingerprint density at radius 1 is 1.22 bits per heavy atom. The molecule has 3 N–H and O–H groups in total. The SMILES string of the molecule is Cl.NC1(C(=O)Nc2cccc(CCC(F)(F)F)c2)CCCCC1. The van der Waals surface area contributed by atoms with Gasteiger partial charge in [-0.25, -0.2) is 0 Å². The molecule has 130 valence electrons. The highest BCUT2D eigenvalue weighted by molar-refractivity contribution is 5.98. The van der Waals surface area contributed by atoms with Crippen LogP contribution < -0.4 is 11.1 Å². The molecule has 1 saturated carbocycles. The quantitative estimate of drug-likeness (QED) is 0.854.